The number of hydrogen-bond acceptors (Lipinski definition) is 4. The summed E-state index contributed by atoms with van der Waals surface area (Å²) in [6.45, 7) is 13.2. The van der Waals surface area contributed by atoms with E-state index in [1.165, 1.54) is 0 Å². The third kappa shape index (κ3) is 5.45. The quantitative estimate of drug-likeness (QED) is 0.882. The zero-order valence-electron chi connectivity index (χ0n) is 13.3. The molecule has 0 aliphatic rings. The fraction of sp³-hybridized carbons (Fsp3) is 0.733. The van der Waals surface area contributed by atoms with E-state index in [4.69, 9.17) is 4.74 Å². The summed E-state index contributed by atoms with van der Waals surface area (Å²) in [4.78, 5) is 8.81. The molecule has 1 aromatic heterocycles. The maximum atomic E-state index is 5.22. The van der Waals surface area contributed by atoms with Crippen LogP contribution in [0.3, 0.4) is 0 Å². The average Bonchev–Trinajstić information content (AvgIpc) is 2.24. The molecule has 19 heavy (non-hydrogen) atoms. The summed E-state index contributed by atoms with van der Waals surface area (Å²) in [5, 5.41) is 3.49. The van der Waals surface area contributed by atoms with Crippen molar-refractivity contribution in [3.8, 4) is 5.88 Å². The second kappa shape index (κ2) is 5.76. The minimum absolute atomic E-state index is 0.0252. The lowest BCUT2D eigenvalue weighted by Crippen LogP contribution is -2.35. The van der Waals surface area contributed by atoms with Gasteiger partial charge in [-0.1, -0.05) is 27.7 Å². The van der Waals surface area contributed by atoms with E-state index in [2.05, 4.69) is 49.9 Å². The minimum atomic E-state index is -0.0252. The van der Waals surface area contributed by atoms with Crippen molar-refractivity contribution in [1.29, 1.82) is 0 Å². The lowest BCUT2D eigenvalue weighted by atomic mass is 9.82. The molecule has 0 aliphatic carbocycles. The van der Waals surface area contributed by atoms with E-state index in [1.54, 1.807) is 7.11 Å². The second-order valence-corrected chi connectivity index (χ2v) is 6.81. The van der Waals surface area contributed by atoms with Gasteiger partial charge in [0.1, 0.15) is 11.6 Å². The molecule has 0 amide bonds. The van der Waals surface area contributed by atoms with E-state index in [0.717, 1.165) is 24.5 Å². The van der Waals surface area contributed by atoms with E-state index >= 15 is 0 Å². The Labute approximate surface area is 117 Å². The molecule has 4 heteroatoms. The van der Waals surface area contributed by atoms with Gasteiger partial charge in [0, 0.05) is 18.0 Å². The van der Waals surface area contributed by atoms with Crippen LogP contribution in [-0.4, -0.2) is 22.6 Å². The zero-order valence-corrected chi connectivity index (χ0v) is 13.3. The Morgan fingerprint density at radius 1 is 1.16 bits per heavy atom. The van der Waals surface area contributed by atoms with Crippen LogP contribution in [0.4, 0.5) is 5.82 Å². The third-order valence-corrected chi connectivity index (χ3v) is 2.71. The van der Waals surface area contributed by atoms with Gasteiger partial charge in [0.2, 0.25) is 5.88 Å². The molecule has 0 saturated heterocycles. The lowest BCUT2D eigenvalue weighted by molar-refractivity contribution is 0.302. The summed E-state index contributed by atoms with van der Waals surface area (Å²) >= 11 is 0. The van der Waals surface area contributed by atoms with Crippen molar-refractivity contribution in [3.63, 3.8) is 0 Å². The summed E-state index contributed by atoms with van der Waals surface area (Å²) in [7, 11) is 1.63. The van der Waals surface area contributed by atoms with Gasteiger partial charge in [-0.15, -0.1) is 0 Å². The SMILES string of the molecule is CCc1nc(NC(C)(C)CC(C)(C)C)cc(OC)n1. The number of nitrogens with zero attached hydrogens (tertiary/aromatic N) is 2. The Hall–Kier alpha value is -1.32. The van der Waals surface area contributed by atoms with Crippen LogP contribution in [0.2, 0.25) is 0 Å². The Kier molecular flexibility index (Phi) is 4.77. The molecule has 1 rings (SSSR count). The van der Waals surface area contributed by atoms with Crippen molar-refractivity contribution >= 4 is 5.82 Å². The summed E-state index contributed by atoms with van der Waals surface area (Å²) in [6.07, 6.45) is 1.85. The Balaban J connectivity index is 2.91. The molecule has 0 aliphatic heterocycles. The number of ether oxygens (including phenoxy) is 1. The van der Waals surface area contributed by atoms with Gasteiger partial charge < -0.3 is 10.1 Å². The summed E-state index contributed by atoms with van der Waals surface area (Å²) in [5.41, 5.74) is 0.240. The number of aryl methyl sites for hydroxylation is 1. The van der Waals surface area contributed by atoms with Crippen LogP contribution in [0.25, 0.3) is 0 Å². The maximum Gasteiger partial charge on any atom is 0.218 e. The number of hydrogen-bond donors (Lipinski definition) is 1. The van der Waals surface area contributed by atoms with E-state index in [0.29, 0.717) is 5.88 Å². The first-order chi connectivity index (χ1) is 8.65. The number of nitrogens with one attached hydrogen (secondary N) is 1. The normalized spacial score (nSPS) is 12.4. The van der Waals surface area contributed by atoms with Crippen molar-refractivity contribution in [3.05, 3.63) is 11.9 Å². The number of methoxy groups -OCH3 is 1. The molecule has 1 N–H and O–H groups in total. The van der Waals surface area contributed by atoms with Gasteiger partial charge in [0.25, 0.3) is 0 Å². The first-order valence-electron chi connectivity index (χ1n) is 6.85. The van der Waals surface area contributed by atoms with Crippen LogP contribution in [0.1, 0.15) is 53.8 Å². The molecule has 1 aromatic rings. The van der Waals surface area contributed by atoms with Gasteiger partial charge in [-0.2, -0.15) is 4.98 Å². The summed E-state index contributed by atoms with van der Waals surface area (Å²) in [6, 6.07) is 1.85. The van der Waals surface area contributed by atoms with Crippen LogP contribution in [0.5, 0.6) is 5.88 Å². The van der Waals surface area contributed by atoms with Gasteiger partial charge in [0.05, 0.1) is 7.11 Å². The van der Waals surface area contributed by atoms with E-state index in [-0.39, 0.29) is 11.0 Å². The fourth-order valence-corrected chi connectivity index (χ4v) is 2.52. The Bertz CT molecular complexity index is 400. The van der Waals surface area contributed by atoms with Crippen LogP contribution in [0, 0.1) is 5.41 Å². The molecule has 0 spiro atoms. The first-order valence-corrected chi connectivity index (χ1v) is 6.85. The van der Waals surface area contributed by atoms with Crippen molar-refractivity contribution in [2.24, 2.45) is 5.41 Å². The molecule has 0 atom stereocenters. The average molecular weight is 265 g/mol. The largest absolute Gasteiger partial charge is 0.481 e. The summed E-state index contributed by atoms with van der Waals surface area (Å²) < 4.78 is 5.22. The zero-order chi connectivity index (χ0) is 14.7. The predicted octanol–water partition coefficient (Wildman–Crippen LogP) is 3.67. The van der Waals surface area contributed by atoms with Crippen LogP contribution < -0.4 is 10.1 Å². The third-order valence-electron chi connectivity index (χ3n) is 2.71. The highest BCUT2D eigenvalue weighted by molar-refractivity contribution is 5.41. The smallest absolute Gasteiger partial charge is 0.218 e. The molecular weight excluding hydrogens is 238 g/mol. The first kappa shape index (κ1) is 15.7. The lowest BCUT2D eigenvalue weighted by Gasteiger charge is -2.33. The van der Waals surface area contributed by atoms with Crippen molar-refractivity contribution in [2.45, 2.75) is 59.9 Å². The van der Waals surface area contributed by atoms with Gasteiger partial charge in [0.15, 0.2) is 0 Å². The Morgan fingerprint density at radius 3 is 2.26 bits per heavy atom. The number of anilines is 1. The standard InChI is InChI=1S/C15H27N3O/c1-8-11-16-12(9-13(17-11)19-7)18-15(5,6)10-14(2,3)4/h9H,8,10H2,1-7H3,(H,16,17,18). The molecule has 0 radical (unpaired) electrons. The minimum Gasteiger partial charge on any atom is -0.481 e. The van der Waals surface area contributed by atoms with E-state index < -0.39 is 0 Å². The molecule has 0 unspecified atom stereocenters. The van der Waals surface area contributed by atoms with Crippen LogP contribution in [-0.2, 0) is 6.42 Å². The molecular formula is C15H27N3O. The highest BCUT2D eigenvalue weighted by atomic mass is 16.5. The van der Waals surface area contributed by atoms with Crippen molar-refractivity contribution in [2.75, 3.05) is 12.4 Å². The molecule has 0 fully saturated rings. The fourth-order valence-electron chi connectivity index (χ4n) is 2.52. The molecule has 0 bridgehead atoms. The summed E-state index contributed by atoms with van der Waals surface area (Å²) in [5.74, 6) is 2.24. The van der Waals surface area contributed by atoms with E-state index in [1.807, 2.05) is 13.0 Å². The van der Waals surface area contributed by atoms with Gasteiger partial charge in [-0.3, -0.25) is 0 Å². The van der Waals surface area contributed by atoms with Gasteiger partial charge in [-0.25, -0.2) is 4.98 Å². The molecule has 108 valence electrons. The second-order valence-electron chi connectivity index (χ2n) is 6.81. The molecule has 4 nitrogen and oxygen atoms in total. The van der Waals surface area contributed by atoms with Crippen LogP contribution >= 0.6 is 0 Å². The van der Waals surface area contributed by atoms with Crippen LogP contribution in [0.15, 0.2) is 6.07 Å². The Morgan fingerprint density at radius 2 is 1.79 bits per heavy atom. The highest BCUT2D eigenvalue weighted by Gasteiger charge is 2.25. The number of rotatable bonds is 5. The maximum absolute atomic E-state index is 5.22. The van der Waals surface area contributed by atoms with Crippen molar-refractivity contribution in [1.82, 2.24) is 9.97 Å². The molecule has 0 saturated carbocycles. The molecule has 0 aromatic carbocycles. The monoisotopic (exact) mass is 265 g/mol. The highest BCUT2D eigenvalue weighted by Crippen LogP contribution is 2.29. The molecule has 1 heterocycles. The van der Waals surface area contributed by atoms with Gasteiger partial charge in [-0.05, 0) is 25.7 Å². The predicted molar refractivity (Wildman–Crippen MR) is 79.7 cm³/mol. The topological polar surface area (TPSA) is 47.0 Å². The van der Waals surface area contributed by atoms with E-state index in [9.17, 15) is 0 Å². The van der Waals surface area contributed by atoms with Gasteiger partial charge >= 0.3 is 0 Å². The number of aromatic nitrogens is 2. The van der Waals surface area contributed by atoms with Crippen molar-refractivity contribution < 1.29 is 4.74 Å².